The summed E-state index contributed by atoms with van der Waals surface area (Å²) in [6.45, 7) is 1.49. The monoisotopic (exact) mass is 168 g/mol. The third-order valence-corrected chi connectivity index (χ3v) is 2.74. The van der Waals surface area contributed by atoms with E-state index >= 15 is 0 Å². The molecule has 0 radical (unpaired) electrons. The lowest BCUT2D eigenvalue weighted by Crippen LogP contribution is -2.32. The van der Waals surface area contributed by atoms with Gasteiger partial charge in [-0.05, 0) is 26.2 Å². The zero-order valence-corrected chi connectivity index (χ0v) is 7.13. The fourth-order valence-electron chi connectivity index (χ4n) is 2.01. The molecule has 66 valence electrons. The zero-order chi connectivity index (χ0) is 8.77. The Morgan fingerprint density at radius 3 is 2.83 bits per heavy atom. The van der Waals surface area contributed by atoms with E-state index < -0.39 is 11.7 Å². The van der Waals surface area contributed by atoms with Crippen LogP contribution in [0.5, 0.6) is 0 Å². The second-order valence-corrected chi connectivity index (χ2v) is 3.63. The zero-order valence-electron chi connectivity index (χ0n) is 7.13. The molecule has 1 aliphatic carbocycles. The molecule has 1 heterocycles. The van der Waals surface area contributed by atoms with E-state index in [0.717, 1.165) is 19.3 Å². The summed E-state index contributed by atoms with van der Waals surface area (Å²) in [5, 5.41) is 0. The van der Waals surface area contributed by atoms with Gasteiger partial charge in [-0.15, -0.1) is 0 Å². The maximum absolute atomic E-state index is 11.4. The molecule has 0 aromatic carbocycles. The minimum Gasteiger partial charge on any atom is -0.349 e. The minimum absolute atomic E-state index is 0.00903. The third-order valence-electron chi connectivity index (χ3n) is 2.74. The predicted octanol–water partition coefficient (Wildman–Crippen LogP) is 0.856. The van der Waals surface area contributed by atoms with E-state index in [1.807, 2.05) is 0 Å². The molecule has 0 aromatic rings. The molecular formula is C9H12O3. The van der Waals surface area contributed by atoms with Crippen LogP contribution >= 0.6 is 0 Å². The molecule has 1 saturated carbocycles. The van der Waals surface area contributed by atoms with Gasteiger partial charge in [0.2, 0.25) is 0 Å². The van der Waals surface area contributed by atoms with Gasteiger partial charge in [0, 0.05) is 6.42 Å². The van der Waals surface area contributed by atoms with Crippen molar-refractivity contribution in [1.82, 2.24) is 0 Å². The summed E-state index contributed by atoms with van der Waals surface area (Å²) in [6.07, 6.45) is 2.88. The molecule has 1 spiro atoms. The minimum atomic E-state index is -0.663. The fourth-order valence-corrected chi connectivity index (χ4v) is 2.01. The average Bonchev–Trinajstić information content (AvgIpc) is 2.72. The van der Waals surface area contributed by atoms with Gasteiger partial charge in [0.05, 0.1) is 0 Å². The number of carbonyl (C=O) groups excluding carboxylic acids is 2. The topological polar surface area (TPSA) is 46.7 Å². The van der Waals surface area contributed by atoms with Crippen LogP contribution in [0.3, 0.4) is 0 Å². The van der Waals surface area contributed by atoms with Crippen molar-refractivity contribution in [1.29, 1.82) is 0 Å². The Bertz CT molecular complexity index is 246. The second-order valence-electron chi connectivity index (χ2n) is 3.63. The highest BCUT2D eigenvalue weighted by molar-refractivity contribution is 6.00. The number of ether oxygens (including phenoxy) is 1. The number of hydrogen-bond acceptors (Lipinski definition) is 3. The van der Waals surface area contributed by atoms with Crippen LogP contribution in [0.2, 0.25) is 0 Å². The quantitative estimate of drug-likeness (QED) is 0.545. The highest BCUT2D eigenvalue weighted by Gasteiger charge is 2.64. The number of carbonyl (C=O) groups is 2. The molecule has 0 amide bonds. The highest BCUT2D eigenvalue weighted by atomic mass is 16.6. The van der Waals surface area contributed by atoms with Gasteiger partial charge >= 0.3 is 0 Å². The molecule has 0 N–H and O–H groups in total. The van der Waals surface area contributed by atoms with Gasteiger partial charge in [0.1, 0.15) is 0 Å². The van der Waals surface area contributed by atoms with E-state index in [-0.39, 0.29) is 11.6 Å². The van der Waals surface area contributed by atoms with Crippen LogP contribution in [-0.4, -0.2) is 23.3 Å². The van der Waals surface area contributed by atoms with E-state index in [1.54, 1.807) is 0 Å². The van der Waals surface area contributed by atoms with Crippen LogP contribution in [0.25, 0.3) is 0 Å². The molecule has 0 bridgehead atoms. The molecule has 1 aliphatic heterocycles. The Kier molecular flexibility index (Phi) is 1.58. The van der Waals surface area contributed by atoms with Crippen molar-refractivity contribution in [3.05, 3.63) is 0 Å². The van der Waals surface area contributed by atoms with Gasteiger partial charge in [0.25, 0.3) is 0 Å². The SMILES string of the molecule is CC(=O)C1OC12CCCCC2=O. The van der Waals surface area contributed by atoms with Gasteiger partial charge in [-0.25, -0.2) is 0 Å². The molecule has 3 nitrogen and oxygen atoms in total. The smallest absolute Gasteiger partial charge is 0.167 e. The Morgan fingerprint density at radius 1 is 1.58 bits per heavy atom. The van der Waals surface area contributed by atoms with Gasteiger partial charge < -0.3 is 4.74 Å². The molecule has 12 heavy (non-hydrogen) atoms. The number of hydrogen-bond donors (Lipinski definition) is 0. The van der Waals surface area contributed by atoms with Crippen molar-refractivity contribution in [2.45, 2.75) is 44.3 Å². The van der Waals surface area contributed by atoms with E-state index in [0.29, 0.717) is 6.42 Å². The third kappa shape index (κ3) is 0.926. The molecule has 2 atom stereocenters. The van der Waals surface area contributed by atoms with Crippen molar-refractivity contribution in [2.75, 3.05) is 0 Å². The Balaban J connectivity index is 2.13. The predicted molar refractivity (Wildman–Crippen MR) is 41.8 cm³/mol. The summed E-state index contributed by atoms with van der Waals surface area (Å²) in [5.41, 5.74) is -0.663. The van der Waals surface area contributed by atoms with Gasteiger partial charge in [-0.1, -0.05) is 0 Å². The van der Waals surface area contributed by atoms with Crippen LogP contribution in [-0.2, 0) is 14.3 Å². The van der Waals surface area contributed by atoms with Crippen LogP contribution in [0.15, 0.2) is 0 Å². The van der Waals surface area contributed by atoms with Crippen molar-refractivity contribution < 1.29 is 14.3 Å². The maximum atomic E-state index is 11.4. The molecular weight excluding hydrogens is 156 g/mol. The molecule has 2 unspecified atom stereocenters. The van der Waals surface area contributed by atoms with Gasteiger partial charge in [-0.2, -0.15) is 0 Å². The lowest BCUT2D eigenvalue weighted by molar-refractivity contribution is -0.126. The first-order valence-electron chi connectivity index (χ1n) is 4.38. The number of rotatable bonds is 1. The molecule has 2 fully saturated rings. The second kappa shape index (κ2) is 2.39. The normalized spacial score (nSPS) is 40.1. The summed E-state index contributed by atoms with van der Waals surface area (Å²) in [5.74, 6) is 0.124. The van der Waals surface area contributed by atoms with Crippen LogP contribution < -0.4 is 0 Å². The van der Waals surface area contributed by atoms with Crippen molar-refractivity contribution in [3.8, 4) is 0 Å². The van der Waals surface area contributed by atoms with E-state index in [4.69, 9.17) is 4.74 Å². The van der Waals surface area contributed by atoms with E-state index in [1.165, 1.54) is 6.92 Å². The molecule has 2 aliphatic rings. The van der Waals surface area contributed by atoms with Crippen molar-refractivity contribution >= 4 is 11.6 Å². The standard InChI is InChI=1S/C9H12O3/c1-6(10)8-9(12-8)5-3-2-4-7(9)11/h8H,2-5H2,1H3. The van der Waals surface area contributed by atoms with Crippen molar-refractivity contribution in [3.63, 3.8) is 0 Å². The fraction of sp³-hybridized carbons (Fsp3) is 0.778. The number of Topliss-reactive ketones (excluding diaryl/α,β-unsaturated/α-hetero) is 2. The van der Waals surface area contributed by atoms with Crippen LogP contribution in [0.4, 0.5) is 0 Å². The Labute approximate surface area is 71.1 Å². The Hall–Kier alpha value is -0.700. The maximum Gasteiger partial charge on any atom is 0.167 e. The van der Waals surface area contributed by atoms with Crippen LogP contribution in [0, 0.1) is 0 Å². The van der Waals surface area contributed by atoms with E-state index in [2.05, 4.69) is 0 Å². The van der Waals surface area contributed by atoms with Gasteiger partial charge in [-0.3, -0.25) is 9.59 Å². The largest absolute Gasteiger partial charge is 0.349 e. The summed E-state index contributed by atoms with van der Waals surface area (Å²) >= 11 is 0. The van der Waals surface area contributed by atoms with Crippen LogP contribution in [0.1, 0.15) is 32.6 Å². The molecule has 0 aromatic heterocycles. The number of ketones is 2. The lowest BCUT2D eigenvalue weighted by Gasteiger charge is -2.16. The summed E-state index contributed by atoms with van der Waals surface area (Å²) in [6, 6.07) is 0. The lowest BCUT2D eigenvalue weighted by atomic mass is 9.84. The highest BCUT2D eigenvalue weighted by Crippen LogP contribution is 2.46. The molecule has 3 heteroatoms. The summed E-state index contributed by atoms with van der Waals surface area (Å²) in [7, 11) is 0. The molecule has 2 rings (SSSR count). The molecule has 1 saturated heterocycles. The first kappa shape index (κ1) is 7.92. The van der Waals surface area contributed by atoms with Crippen molar-refractivity contribution in [2.24, 2.45) is 0 Å². The first-order chi connectivity index (χ1) is 5.67. The number of epoxide rings is 1. The average molecular weight is 168 g/mol. The Morgan fingerprint density at radius 2 is 2.33 bits per heavy atom. The first-order valence-corrected chi connectivity index (χ1v) is 4.38. The summed E-state index contributed by atoms with van der Waals surface area (Å²) < 4.78 is 5.22. The van der Waals surface area contributed by atoms with E-state index in [9.17, 15) is 9.59 Å². The summed E-state index contributed by atoms with van der Waals surface area (Å²) in [4.78, 5) is 22.4. The van der Waals surface area contributed by atoms with Gasteiger partial charge in [0.15, 0.2) is 23.3 Å².